The second-order valence-corrected chi connectivity index (χ2v) is 4.69. The van der Waals surface area contributed by atoms with Gasteiger partial charge in [0.05, 0.1) is 6.04 Å². The van der Waals surface area contributed by atoms with E-state index in [9.17, 15) is 0 Å². The third-order valence-electron chi connectivity index (χ3n) is 2.83. The van der Waals surface area contributed by atoms with Gasteiger partial charge in [-0.1, -0.05) is 24.3 Å². The summed E-state index contributed by atoms with van der Waals surface area (Å²) in [5.74, 6) is 5.62. The highest BCUT2D eigenvalue weighted by Gasteiger charge is 2.11. The van der Waals surface area contributed by atoms with Gasteiger partial charge >= 0.3 is 0 Å². The van der Waals surface area contributed by atoms with E-state index < -0.39 is 0 Å². The van der Waals surface area contributed by atoms with Gasteiger partial charge in [0, 0.05) is 0 Å². The maximum absolute atomic E-state index is 5.62. The fourth-order valence-corrected chi connectivity index (χ4v) is 2.52. The van der Waals surface area contributed by atoms with Crippen molar-refractivity contribution in [2.24, 2.45) is 5.84 Å². The Morgan fingerprint density at radius 3 is 2.75 bits per heavy atom. The molecule has 0 aliphatic carbocycles. The number of aryl methyl sites for hydroxylation is 1. The van der Waals surface area contributed by atoms with E-state index in [4.69, 9.17) is 5.84 Å². The van der Waals surface area contributed by atoms with Crippen molar-refractivity contribution >= 4 is 11.3 Å². The first-order valence-electron chi connectivity index (χ1n) is 5.34. The summed E-state index contributed by atoms with van der Waals surface area (Å²) in [6.45, 7) is 2.14. The fraction of sp³-hybridized carbons (Fsp3) is 0.231. The molecular formula is C13H16N2S. The highest BCUT2D eigenvalue weighted by molar-refractivity contribution is 7.07. The molecule has 0 saturated heterocycles. The van der Waals surface area contributed by atoms with Crippen molar-refractivity contribution in [2.45, 2.75) is 19.4 Å². The average molecular weight is 232 g/mol. The molecule has 2 rings (SSSR count). The fourth-order valence-electron chi connectivity index (χ4n) is 1.81. The van der Waals surface area contributed by atoms with E-state index in [0.717, 1.165) is 6.42 Å². The summed E-state index contributed by atoms with van der Waals surface area (Å²) in [4.78, 5) is 0. The van der Waals surface area contributed by atoms with Gasteiger partial charge in [-0.05, 0) is 46.9 Å². The zero-order valence-electron chi connectivity index (χ0n) is 9.31. The second kappa shape index (κ2) is 5.25. The molecule has 1 aromatic heterocycles. The Kier molecular flexibility index (Phi) is 3.72. The van der Waals surface area contributed by atoms with Crippen LogP contribution in [0.3, 0.4) is 0 Å². The number of hydrogen-bond acceptors (Lipinski definition) is 3. The smallest absolute Gasteiger partial charge is 0.0508 e. The summed E-state index contributed by atoms with van der Waals surface area (Å²) in [5.41, 5.74) is 6.81. The largest absolute Gasteiger partial charge is 0.271 e. The van der Waals surface area contributed by atoms with Crippen LogP contribution in [0, 0.1) is 6.92 Å². The normalized spacial score (nSPS) is 12.6. The van der Waals surface area contributed by atoms with E-state index in [1.54, 1.807) is 11.3 Å². The van der Waals surface area contributed by atoms with E-state index in [1.807, 2.05) is 0 Å². The van der Waals surface area contributed by atoms with Crippen molar-refractivity contribution in [1.82, 2.24) is 5.43 Å². The number of hydrazine groups is 1. The number of hydrogen-bond donors (Lipinski definition) is 2. The van der Waals surface area contributed by atoms with Crippen LogP contribution in [-0.2, 0) is 6.42 Å². The summed E-state index contributed by atoms with van der Waals surface area (Å²) >= 11 is 1.70. The highest BCUT2D eigenvalue weighted by Crippen LogP contribution is 2.21. The molecule has 3 heteroatoms. The van der Waals surface area contributed by atoms with E-state index in [0.29, 0.717) is 0 Å². The van der Waals surface area contributed by atoms with Crippen LogP contribution in [0.25, 0.3) is 0 Å². The van der Waals surface area contributed by atoms with Crippen molar-refractivity contribution in [3.05, 3.63) is 57.8 Å². The average Bonchev–Trinajstić information content (AvgIpc) is 2.81. The predicted octanol–water partition coefficient (Wildman–Crippen LogP) is 2.80. The van der Waals surface area contributed by atoms with Crippen LogP contribution in [0.4, 0.5) is 0 Å². The molecule has 0 bridgehead atoms. The lowest BCUT2D eigenvalue weighted by Gasteiger charge is -2.16. The minimum Gasteiger partial charge on any atom is -0.271 e. The lowest BCUT2D eigenvalue weighted by atomic mass is 9.98. The number of benzene rings is 1. The highest BCUT2D eigenvalue weighted by atomic mass is 32.1. The van der Waals surface area contributed by atoms with E-state index in [1.165, 1.54) is 16.7 Å². The summed E-state index contributed by atoms with van der Waals surface area (Å²) in [5, 5.41) is 4.22. The minimum atomic E-state index is 0.201. The second-order valence-electron chi connectivity index (χ2n) is 3.91. The van der Waals surface area contributed by atoms with Gasteiger partial charge in [-0.2, -0.15) is 11.3 Å². The van der Waals surface area contributed by atoms with E-state index in [2.05, 4.69) is 53.4 Å². The maximum atomic E-state index is 5.62. The van der Waals surface area contributed by atoms with Crippen LogP contribution in [0.1, 0.15) is 22.7 Å². The zero-order chi connectivity index (χ0) is 11.4. The molecule has 0 aliphatic rings. The molecule has 3 N–H and O–H groups in total. The van der Waals surface area contributed by atoms with Crippen LogP contribution in [0.5, 0.6) is 0 Å². The molecule has 0 aliphatic heterocycles. The minimum absolute atomic E-state index is 0.201. The molecule has 0 radical (unpaired) electrons. The van der Waals surface area contributed by atoms with Gasteiger partial charge < -0.3 is 0 Å². The molecule has 0 saturated carbocycles. The Hall–Kier alpha value is -1.16. The molecule has 2 nitrogen and oxygen atoms in total. The molecule has 84 valence electrons. The summed E-state index contributed by atoms with van der Waals surface area (Å²) in [7, 11) is 0. The molecular weight excluding hydrogens is 216 g/mol. The number of nitrogens with one attached hydrogen (secondary N) is 1. The molecule has 1 aromatic carbocycles. The summed E-state index contributed by atoms with van der Waals surface area (Å²) in [6, 6.07) is 10.8. The third-order valence-corrected chi connectivity index (χ3v) is 3.53. The molecule has 1 heterocycles. The molecule has 1 unspecified atom stereocenters. The van der Waals surface area contributed by atoms with Gasteiger partial charge in [0.15, 0.2) is 0 Å². The molecule has 0 amide bonds. The molecule has 2 aromatic rings. The van der Waals surface area contributed by atoms with Crippen molar-refractivity contribution in [1.29, 1.82) is 0 Å². The van der Waals surface area contributed by atoms with Gasteiger partial charge in [-0.25, -0.2) is 0 Å². The van der Waals surface area contributed by atoms with E-state index in [-0.39, 0.29) is 6.04 Å². The number of nitrogens with two attached hydrogens (primary N) is 1. The lowest BCUT2D eigenvalue weighted by Crippen LogP contribution is -2.29. The summed E-state index contributed by atoms with van der Waals surface area (Å²) in [6.07, 6.45) is 0.930. The molecule has 16 heavy (non-hydrogen) atoms. The van der Waals surface area contributed by atoms with Gasteiger partial charge in [-0.3, -0.25) is 11.3 Å². The Labute approximate surface area is 100 Å². The van der Waals surface area contributed by atoms with Gasteiger partial charge in [0.25, 0.3) is 0 Å². The first-order chi connectivity index (χ1) is 7.81. The monoisotopic (exact) mass is 232 g/mol. The third kappa shape index (κ3) is 2.50. The zero-order valence-corrected chi connectivity index (χ0v) is 10.1. The van der Waals surface area contributed by atoms with Crippen molar-refractivity contribution in [2.75, 3.05) is 0 Å². The lowest BCUT2D eigenvalue weighted by molar-refractivity contribution is 0.552. The standard InChI is InChI=1S/C13H16N2S/c1-10-4-2-3-5-11(10)8-13(15-14)12-6-7-16-9-12/h2-7,9,13,15H,8,14H2,1H3. The molecule has 1 atom stereocenters. The first-order valence-corrected chi connectivity index (χ1v) is 6.28. The van der Waals surface area contributed by atoms with Crippen molar-refractivity contribution in [3.63, 3.8) is 0 Å². The van der Waals surface area contributed by atoms with Gasteiger partial charge in [0.1, 0.15) is 0 Å². The Bertz CT molecular complexity index is 437. The molecule has 0 spiro atoms. The van der Waals surface area contributed by atoms with Crippen molar-refractivity contribution in [3.8, 4) is 0 Å². The Balaban J connectivity index is 2.17. The quantitative estimate of drug-likeness (QED) is 0.628. The summed E-state index contributed by atoms with van der Waals surface area (Å²) < 4.78 is 0. The number of thiophene rings is 1. The van der Waals surface area contributed by atoms with E-state index >= 15 is 0 Å². The van der Waals surface area contributed by atoms with Crippen LogP contribution < -0.4 is 11.3 Å². The SMILES string of the molecule is Cc1ccccc1CC(NN)c1ccsc1. The van der Waals surface area contributed by atoms with Crippen LogP contribution in [-0.4, -0.2) is 0 Å². The Morgan fingerprint density at radius 2 is 2.12 bits per heavy atom. The number of rotatable bonds is 4. The van der Waals surface area contributed by atoms with Crippen LogP contribution >= 0.6 is 11.3 Å². The predicted molar refractivity (Wildman–Crippen MR) is 69.3 cm³/mol. The first kappa shape index (κ1) is 11.3. The topological polar surface area (TPSA) is 38.0 Å². The Morgan fingerprint density at radius 1 is 1.31 bits per heavy atom. The maximum Gasteiger partial charge on any atom is 0.0508 e. The van der Waals surface area contributed by atoms with Crippen LogP contribution in [0.2, 0.25) is 0 Å². The van der Waals surface area contributed by atoms with Gasteiger partial charge in [0.2, 0.25) is 0 Å². The van der Waals surface area contributed by atoms with Crippen LogP contribution in [0.15, 0.2) is 41.1 Å². The van der Waals surface area contributed by atoms with Crippen molar-refractivity contribution < 1.29 is 0 Å². The van der Waals surface area contributed by atoms with Gasteiger partial charge in [-0.15, -0.1) is 0 Å². The molecule has 0 fully saturated rings.